The highest BCUT2D eigenvalue weighted by molar-refractivity contribution is 5.70. The highest BCUT2D eigenvalue weighted by Crippen LogP contribution is 2.25. The molecule has 0 atom stereocenters. The van der Waals surface area contributed by atoms with Crippen LogP contribution in [-0.4, -0.2) is 14.1 Å². The Bertz CT molecular complexity index is 267. The third-order valence-corrected chi connectivity index (χ3v) is 1.98. The van der Waals surface area contributed by atoms with Gasteiger partial charge in [-0.3, -0.25) is 0 Å². The topological polar surface area (TPSA) is 29.3 Å². The Morgan fingerprint density at radius 1 is 1.33 bits per heavy atom. The summed E-state index contributed by atoms with van der Waals surface area (Å²) in [7, 11) is 4.04. The van der Waals surface area contributed by atoms with Crippen LogP contribution in [0.4, 0.5) is 11.4 Å². The minimum Gasteiger partial charge on any atom is -0.397 e. The summed E-state index contributed by atoms with van der Waals surface area (Å²) in [5.41, 5.74) is 9.18. The van der Waals surface area contributed by atoms with E-state index >= 15 is 0 Å². The van der Waals surface area contributed by atoms with Crippen molar-refractivity contribution in [1.29, 1.82) is 0 Å². The summed E-state index contributed by atoms with van der Waals surface area (Å²) in [6, 6.07) is 6.06. The third-order valence-electron chi connectivity index (χ3n) is 1.98. The molecule has 12 heavy (non-hydrogen) atoms. The zero-order valence-electron chi connectivity index (χ0n) is 7.96. The van der Waals surface area contributed by atoms with Gasteiger partial charge in [0, 0.05) is 14.1 Å². The lowest BCUT2D eigenvalue weighted by atomic mass is 10.1. The second-order valence-electron chi connectivity index (χ2n) is 3.10. The van der Waals surface area contributed by atoms with Gasteiger partial charge in [0.1, 0.15) is 0 Å². The van der Waals surface area contributed by atoms with Gasteiger partial charge in [0.05, 0.1) is 11.4 Å². The molecule has 2 heteroatoms. The summed E-state index contributed by atoms with van der Waals surface area (Å²) in [6.07, 6.45) is 1.03. The normalized spacial score (nSPS) is 9.92. The van der Waals surface area contributed by atoms with Gasteiger partial charge in [-0.15, -0.1) is 0 Å². The van der Waals surface area contributed by atoms with Crippen molar-refractivity contribution in [3.05, 3.63) is 23.8 Å². The molecule has 0 bridgehead atoms. The molecule has 1 aromatic rings. The lowest BCUT2D eigenvalue weighted by Gasteiger charge is -2.18. The van der Waals surface area contributed by atoms with Crippen molar-refractivity contribution in [3.8, 4) is 0 Å². The van der Waals surface area contributed by atoms with Crippen LogP contribution in [-0.2, 0) is 6.42 Å². The van der Waals surface area contributed by atoms with Crippen LogP contribution in [0.25, 0.3) is 0 Å². The van der Waals surface area contributed by atoms with Crippen LogP contribution in [0, 0.1) is 0 Å². The van der Waals surface area contributed by atoms with Crippen LogP contribution in [0.5, 0.6) is 0 Å². The molecule has 1 aromatic carbocycles. The number of nitrogen functional groups attached to an aromatic ring is 1. The van der Waals surface area contributed by atoms with Gasteiger partial charge in [-0.1, -0.05) is 19.1 Å². The van der Waals surface area contributed by atoms with Crippen LogP contribution >= 0.6 is 0 Å². The molecular weight excluding hydrogens is 148 g/mol. The SMILES string of the molecule is CCc1cccc(N)c1N(C)C. The molecule has 2 N–H and O–H groups in total. The van der Waals surface area contributed by atoms with E-state index in [0.717, 1.165) is 17.8 Å². The quantitative estimate of drug-likeness (QED) is 0.676. The largest absolute Gasteiger partial charge is 0.397 e. The molecule has 66 valence electrons. The molecule has 0 unspecified atom stereocenters. The Labute approximate surface area is 74.0 Å². The van der Waals surface area contributed by atoms with Gasteiger partial charge < -0.3 is 10.6 Å². The molecule has 0 aliphatic rings. The van der Waals surface area contributed by atoms with E-state index in [0.29, 0.717) is 0 Å². The Balaban J connectivity index is 3.20. The predicted molar refractivity (Wildman–Crippen MR) is 54.6 cm³/mol. The van der Waals surface area contributed by atoms with Crippen LogP contribution < -0.4 is 10.6 Å². The number of nitrogens with zero attached hydrogens (tertiary/aromatic N) is 1. The van der Waals surface area contributed by atoms with Crippen molar-refractivity contribution < 1.29 is 0 Å². The number of para-hydroxylation sites is 1. The second-order valence-corrected chi connectivity index (χ2v) is 3.10. The summed E-state index contributed by atoms with van der Waals surface area (Å²) >= 11 is 0. The maximum atomic E-state index is 5.86. The Morgan fingerprint density at radius 3 is 2.42 bits per heavy atom. The fourth-order valence-electron chi connectivity index (χ4n) is 1.44. The van der Waals surface area contributed by atoms with Crippen molar-refractivity contribution in [1.82, 2.24) is 0 Å². The van der Waals surface area contributed by atoms with E-state index in [4.69, 9.17) is 5.73 Å². The van der Waals surface area contributed by atoms with E-state index in [1.807, 2.05) is 26.2 Å². The van der Waals surface area contributed by atoms with Crippen molar-refractivity contribution in [2.24, 2.45) is 0 Å². The van der Waals surface area contributed by atoms with Crippen molar-refractivity contribution in [2.75, 3.05) is 24.7 Å². The first kappa shape index (κ1) is 8.91. The number of rotatable bonds is 2. The number of anilines is 2. The minimum atomic E-state index is 0.861. The minimum absolute atomic E-state index is 0.861. The fourth-order valence-corrected chi connectivity index (χ4v) is 1.44. The summed E-state index contributed by atoms with van der Waals surface area (Å²) in [6.45, 7) is 2.14. The van der Waals surface area contributed by atoms with Crippen LogP contribution in [0.1, 0.15) is 12.5 Å². The highest BCUT2D eigenvalue weighted by Gasteiger charge is 2.05. The number of hydrogen-bond acceptors (Lipinski definition) is 2. The monoisotopic (exact) mass is 164 g/mol. The van der Waals surface area contributed by atoms with Gasteiger partial charge in [-0.2, -0.15) is 0 Å². The standard InChI is InChI=1S/C10H16N2/c1-4-8-6-5-7-9(11)10(8)12(2)3/h5-7H,4,11H2,1-3H3. The average Bonchev–Trinajstić information content (AvgIpc) is 2.03. The van der Waals surface area contributed by atoms with E-state index < -0.39 is 0 Å². The maximum Gasteiger partial charge on any atom is 0.0627 e. The Kier molecular flexibility index (Phi) is 2.58. The molecule has 0 saturated heterocycles. The Morgan fingerprint density at radius 2 is 2.00 bits per heavy atom. The molecule has 0 radical (unpaired) electrons. The third kappa shape index (κ3) is 1.52. The summed E-state index contributed by atoms with van der Waals surface area (Å²) in [5.74, 6) is 0. The zero-order valence-corrected chi connectivity index (χ0v) is 7.96. The molecule has 0 heterocycles. The number of benzene rings is 1. The van der Waals surface area contributed by atoms with Crippen LogP contribution in [0.2, 0.25) is 0 Å². The van der Waals surface area contributed by atoms with Gasteiger partial charge in [0.15, 0.2) is 0 Å². The van der Waals surface area contributed by atoms with Crippen molar-refractivity contribution >= 4 is 11.4 Å². The van der Waals surface area contributed by atoms with E-state index in [-0.39, 0.29) is 0 Å². The van der Waals surface area contributed by atoms with Crippen LogP contribution in [0.3, 0.4) is 0 Å². The smallest absolute Gasteiger partial charge is 0.0627 e. The van der Waals surface area contributed by atoms with Crippen molar-refractivity contribution in [2.45, 2.75) is 13.3 Å². The van der Waals surface area contributed by atoms with E-state index in [9.17, 15) is 0 Å². The molecule has 0 aliphatic heterocycles. The van der Waals surface area contributed by atoms with E-state index in [2.05, 4.69) is 17.9 Å². The van der Waals surface area contributed by atoms with Gasteiger partial charge >= 0.3 is 0 Å². The molecule has 0 fully saturated rings. The lowest BCUT2D eigenvalue weighted by molar-refractivity contribution is 1.06. The zero-order chi connectivity index (χ0) is 9.14. The first-order chi connectivity index (χ1) is 5.66. The lowest BCUT2D eigenvalue weighted by Crippen LogP contribution is -2.13. The molecule has 1 rings (SSSR count). The van der Waals surface area contributed by atoms with Gasteiger partial charge in [0.2, 0.25) is 0 Å². The second kappa shape index (κ2) is 3.48. The van der Waals surface area contributed by atoms with Gasteiger partial charge in [0.25, 0.3) is 0 Å². The van der Waals surface area contributed by atoms with E-state index in [1.54, 1.807) is 0 Å². The van der Waals surface area contributed by atoms with Gasteiger partial charge in [-0.05, 0) is 18.1 Å². The first-order valence-corrected chi connectivity index (χ1v) is 4.21. The highest BCUT2D eigenvalue weighted by atomic mass is 15.1. The van der Waals surface area contributed by atoms with Crippen LogP contribution in [0.15, 0.2) is 18.2 Å². The number of hydrogen-bond donors (Lipinski definition) is 1. The average molecular weight is 164 g/mol. The molecule has 0 saturated carbocycles. The first-order valence-electron chi connectivity index (χ1n) is 4.21. The Hall–Kier alpha value is -1.18. The fraction of sp³-hybridized carbons (Fsp3) is 0.400. The summed E-state index contributed by atoms with van der Waals surface area (Å²) in [5, 5.41) is 0. The molecule has 0 aliphatic carbocycles. The molecule has 2 nitrogen and oxygen atoms in total. The summed E-state index contributed by atoms with van der Waals surface area (Å²) < 4.78 is 0. The predicted octanol–water partition coefficient (Wildman–Crippen LogP) is 1.90. The maximum absolute atomic E-state index is 5.86. The molecular formula is C10H16N2. The van der Waals surface area contributed by atoms with E-state index in [1.165, 1.54) is 5.56 Å². The van der Waals surface area contributed by atoms with Gasteiger partial charge in [-0.25, -0.2) is 0 Å². The number of aryl methyl sites for hydroxylation is 1. The summed E-state index contributed by atoms with van der Waals surface area (Å²) in [4.78, 5) is 2.06. The van der Waals surface area contributed by atoms with Crippen molar-refractivity contribution in [3.63, 3.8) is 0 Å². The molecule has 0 aromatic heterocycles. The molecule has 0 spiro atoms. The molecule has 0 amide bonds. The number of nitrogens with two attached hydrogens (primary N) is 1.